The summed E-state index contributed by atoms with van der Waals surface area (Å²) in [6.45, 7) is 1.97. The zero-order chi connectivity index (χ0) is 16.1. The molecule has 1 atom stereocenters. The first-order valence-electron chi connectivity index (χ1n) is 6.91. The number of guanidine groups is 1. The van der Waals surface area contributed by atoms with Crippen molar-refractivity contribution in [1.82, 2.24) is 5.32 Å². The second kappa shape index (κ2) is 8.29. The molecule has 0 aliphatic carbocycles. The molecule has 0 aliphatic rings. The van der Waals surface area contributed by atoms with Crippen LogP contribution in [0.3, 0.4) is 0 Å². The average Bonchev–Trinajstić information content (AvgIpc) is 2.44. The highest BCUT2D eigenvalue weighted by Gasteiger charge is 2.22. The van der Waals surface area contributed by atoms with Gasteiger partial charge in [-0.05, 0) is 36.6 Å². The van der Waals surface area contributed by atoms with Gasteiger partial charge in [-0.3, -0.25) is 15.5 Å². The number of nitrogens with one attached hydrogen (secondary N) is 2. The van der Waals surface area contributed by atoms with E-state index < -0.39 is 23.6 Å². The standard InChI is InChI=1S/C17H18FN3O.ClH/c1-11-4-2-5-12(8-11)9-15(16(22)21-17(19)20)13-6-3-7-14(18)10-13;/h2-8,10,15H,9H2,1H3,(H4,19,20,21,22);1H/t15-;/m1./s1. The summed E-state index contributed by atoms with van der Waals surface area (Å²) in [6.07, 6.45) is 0.407. The highest BCUT2D eigenvalue weighted by atomic mass is 35.5. The number of hydrogen-bond donors (Lipinski definition) is 3. The molecule has 0 saturated heterocycles. The second-order valence-corrected chi connectivity index (χ2v) is 5.20. The van der Waals surface area contributed by atoms with Crippen LogP contribution >= 0.6 is 12.4 Å². The summed E-state index contributed by atoms with van der Waals surface area (Å²) in [6, 6.07) is 13.7. The van der Waals surface area contributed by atoms with E-state index in [2.05, 4.69) is 5.32 Å². The van der Waals surface area contributed by atoms with E-state index in [-0.39, 0.29) is 12.4 Å². The van der Waals surface area contributed by atoms with Crippen molar-refractivity contribution in [3.63, 3.8) is 0 Å². The van der Waals surface area contributed by atoms with Crippen molar-refractivity contribution in [2.45, 2.75) is 19.3 Å². The third kappa shape index (κ3) is 5.38. The Morgan fingerprint density at radius 2 is 1.96 bits per heavy atom. The van der Waals surface area contributed by atoms with E-state index in [1.54, 1.807) is 12.1 Å². The van der Waals surface area contributed by atoms with Crippen LogP contribution in [0.4, 0.5) is 4.39 Å². The molecule has 2 rings (SSSR count). The molecule has 0 bridgehead atoms. The largest absolute Gasteiger partial charge is 0.370 e. The average molecular weight is 336 g/mol. The van der Waals surface area contributed by atoms with Crippen LogP contribution in [0.2, 0.25) is 0 Å². The van der Waals surface area contributed by atoms with Crippen LogP contribution in [0.25, 0.3) is 0 Å². The van der Waals surface area contributed by atoms with E-state index in [0.717, 1.165) is 11.1 Å². The molecule has 0 saturated carbocycles. The molecular weight excluding hydrogens is 317 g/mol. The summed E-state index contributed by atoms with van der Waals surface area (Å²) in [5.74, 6) is -1.85. The van der Waals surface area contributed by atoms with E-state index in [9.17, 15) is 9.18 Å². The highest BCUT2D eigenvalue weighted by Crippen LogP contribution is 2.22. The van der Waals surface area contributed by atoms with E-state index in [1.165, 1.54) is 12.1 Å². The first kappa shape index (κ1) is 18.6. The summed E-state index contributed by atoms with van der Waals surface area (Å²) in [5, 5.41) is 9.50. The van der Waals surface area contributed by atoms with Crippen molar-refractivity contribution >= 4 is 24.3 Å². The summed E-state index contributed by atoms with van der Waals surface area (Å²) in [7, 11) is 0. The smallest absolute Gasteiger partial charge is 0.234 e. The van der Waals surface area contributed by atoms with Gasteiger partial charge < -0.3 is 5.73 Å². The first-order valence-corrected chi connectivity index (χ1v) is 6.91. The van der Waals surface area contributed by atoms with Crippen molar-refractivity contribution < 1.29 is 9.18 Å². The second-order valence-electron chi connectivity index (χ2n) is 5.20. The molecule has 2 aromatic carbocycles. The number of carbonyl (C=O) groups excluding carboxylic acids is 1. The topological polar surface area (TPSA) is 79.0 Å². The normalized spacial score (nSPS) is 11.2. The van der Waals surface area contributed by atoms with Crippen molar-refractivity contribution in [2.24, 2.45) is 5.73 Å². The lowest BCUT2D eigenvalue weighted by atomic mass is 9.90. The predicted molar refractivity (Wildman–Crippen MR) is 91.3 cm³/mol. The summed E-state index contributed by atoms with van der Waals surface area (Å²) >= 11 is 0. The first-order chi connectivity index (χ1) is 10.5. The number of aryl methyl sites for hydroxylation is 1. The Balaban J connectivity index is 0.00000264. The summed E-state index contributed by atoms with van der Waals surface area (Å²) < 4.78 is 13.5. The van der Waals surface area contributed by atoms with E-state index in [1.807, 2.05) is 31.2 Å². The van der Waals surface area contributed by atoms with Gasteiger partial charge in [-0.2, -0.15) is 0 Å². The van der Waals surface area contributed by atoms with Crippen molar-refractivity contribution in [3.05, 3.63) is 71.0 Å². The minimum Gasteiger partial charge on any atom is -0.370 e. The van der Waals surface area contributed by atoms with Gasteiger partial charge in [0.1, 0.15) is 5.82 Å². The minimum absolute atomic E-state index is 0. The molecule has 2 aromatic rings. The van der Waals surface area contributed by atoms with Gasteiger partial charge in [0.25, 0.3) is 0 Å². The summed E-state index contributed by atoms with van der Waals surface area (Å²) in [5.41, 5.74) is 7.84. The fraction of sp³-hybridized carbons (Fsp3) is 0.176. The third-order valence-corrected chi connectivity index (χ3v) is 3.35. The quantitative estimate of drug-likeness (QED) is 0.593. The van der Waals surface area contributed by atoms with Crippen molar-refractivity contribution in [3.8, 4) is 0 Å². The Kier molecular flexibility index (Phi) is 6.72. The van der Waals surface area contributed by atoms with Crippen LogP contribution in [-0.4, -0.2) is 11.9 Å². The Labute approximate surface area is 140 Å². The van der Waals surface area contributed by atoms with Gasteiger partial charge in [-0.25, -0.2) is 4.39 Å². The van der Waals surface area contributed by atoms with E-state index in [4.69, 9.17) is 11.1 Å². The molecule has 1 amide bonds. The minimum atomic E-state index is -0.610. The lowest BCUT2D eigenvalue weighted by molar-refractivity contribution is -0.121. The van der Waals surface area contributed by atoms with Gasteiger partial charge in [-0.1, -0.05) is 42.0 Å². The molecule has 4 nitrogen and oxygen atoms in total. The number of amides is 1. The molecule has 0 spiro atoms. The van der Waals surface area contributed by atoms with Gasteiger partial charge in [-0.15, -0.1) is 12.4 Å². The zero-order valence-electron chi connectivity index (χ0n) is 12.7. The van der Waals surface area contributed by atoms with Gasteiger partial charge >= 0.3 is 0 Å². The predicted octanol–water partition coefficient (Wildman–Crippen LogP) is 2.89. The maximum atomic E-state index is 13.5. The summed E-state index contributed by atoms with van der Waals surface area (Å²) in [4.78, 5) is 12.3. The Bertz CT molecular complexity index is 706. The number of rotatable bonds is 4. The van der Waals surface area contributed by atoms with Gasteiger partial charge in [0.15, 0.2) is 5.96 Å². The van der Waals surface area contributed by atoms with Crippen LogP contribution in [-0.2, 0) is 11.2 Å². The van der Waals surface area contributed by atoms with Gasteiger partial charge in [0.2, 0.25) is 5.91 Å². The third-order valence-electron chi connectivity index (χ3n) is 3.35. The lowest BCUT2D eigenvalue weighted by Crippen LogP contribution is -2.39. The molecule has 4 N–H and O–H groups in total. The van der Waals surface area contributed by atoms with Crippen molar-refractivity contribution in [2.75, 3.05) is 0 Å². The molecule has 122 valence electrons. The zero-order valence-corrected chi connectivity index (χ0v) is 13.5. The van der Waals surface area contributed by atoms with Crippen LogP contribution < -0.4 is 11.1 Å². The number of hydrogen-bond acceptors (Lipinski definition) is 2. The van der Waals surface area contributed by atoms with Gasteiger partial charge in [0, 0.05) is 0 Å². The number of benzene rings is 2. The number of halogens is 2. The van der Waals surface area contributed by atoms with E-state index >= 15 is 0 Å². The van der Waals surface area contributed by atoms with Gasteiger partial charge in [0.05, 0.1) is 5.92 Å². The van der Waals surface area contributed by atoms with Crippen LogP contribution in [0.1, 0.15) is 22.6 Å². The molecular formula is C17H19ClFN3O. The maximum Gasteiger partial charge on any atom is 0.234 e. The number of nitrogens with two attached hydrogens (primary N) is 1. The maximum absolute atomic E-state index is 13.5. The fourth-order valence-corrected chi connectivity index (χ4v) is 2.38. The molecule has 0 heterocycles. The molecule has 23 heavy (non-hydrogen) atoms. The molecule has 0 unspecified atom stereocenters. The van der Waals surface area contributed by atoms with Crippen LogP contribution in [0.5, 0.6) is 0 Å². The number of carbonyl (C=O) groups is 1. The Hall–Kier alpha value is -2.40. The monoisotopic (exact) mass is 335 g/mol. The van der Waals surface area contributed by atoms with E-state index in [0.29, 0.717) is 12.0 Å². The molecule has 0 aliphatic heterocycles. The van der Waals surface area contributed by atoms with Crippen LogP contribution in [0, 0.1) is 18.2 Å². The Morgan fingerprint density at radius 1 is 1.26 bits per heavy atom. The van der Waals surface area contributed by atoms with Crippen LogP contribution in [0.15, 0.2) is 48.5 Å². The Morgan fingerprint density at radius 3 is 2.57 bits per heavy atom. The molecule has 0 fully saturated rings. The molecule has 6 heteroatoms. The SMILES string of the molecule is Cc1cccc(C[C@@H](C(=O)NC(=N)N)c2cccc(F)c2)c1.Cl. The lowest BCUT2D eigenvalue weighted by Gasteiger charge is -2.17. The molecule has 0 radical (unpaired) electrons. The highest BCUT2D eigenvalue weighted by molar-refractivity contribution is 5.98. The van der Waals surface area contributed by atoms with Crippen molar-refractivity contribution in [1.29, 1.82) is 5.41 Å². The fourth-order valence-electron chi connectivity index (χ4n) is 2.38. The molecule has 0 aromatic heterocycles.